The molecular weight excluding hydrogens is 342 g/mol. The predicted octanol–water partition coefficient (Wildman–Crippen LogP) is 5.69. The number of hydrogen-bond donors (Lipinski definition) is 0. The van der Waals surface area contributed by atoms with E-state index in [0.717, 1.165) is 17.0 Å². The zero-order chi connectivity index (χ0) is 17.6. The third-order valence-electron chi connectivity index (χ3n) is 6.14. The van der Waals surface area contributed by atoms with Crippen LogP contribution in [0.1, 0.15) is 37.7 Å². The van der Waals surface area contributed by atoms with Crippen molar-refractivity contribution in [2.75, 3.05) is 0 Å². The minimum Gasteiger partial charge on any atom is -0.208 e. The fourth-order valence-electron chi connectivity index (χ4n) is 4.77. The zero-order valence-corrected chi connectivity index (χ0v) is 15.3. The first kappa shape index (κ1) is 16.0. The molecule has 2 aliphatic carbocycles. The van der Waals surface area contributed by atoms with Crippen LogP contribution in [0.25, 0.3) is 22.8 Å². The van der Waals surface area contributed by atoms with Gasteiger partial charge < -0.3 is 0 Å². The van der Waals surface area contributed by atoms with E-state index in [1.165, 1.54) is 37.7 Å². The molecular formula is C22H20ClN3. The quantitative estimate of drug-likeness (QED) is 0.601. The summed E-state index contributed by atoms with van der Waals surface area (Å²) in [7, 11) is 0. The van der Waals surface area contributed by atoms with Crippen molar-refractivity contribution in [2.24, 2.45) is 5.92 Å². The van der Waals surface area contributed by atoms with Crippen LogP contribution >= 0.6 is 11.6 Å². The third kappa shape index (κ3) is 2.71. The molecule has 0 amide bonds. The lowest BCUT2D eigenvalue weighted by molar-refractivity contribution is 0.419. The second kappa shape index (κ2) is 6.17. The molecule has 1 aromatic heterocycles. The van der Waals surface area contributed by atoms with E-state index in [0.29, 0.717) is 17.1 Å². The highest BCUT2D eigenvalue weighted by Gasteiger charge is 2.45. The molecule has 2 bridgehead atoms. The fourth-order valence-corrected chi connectivity index (χ4v) is 4.93. The average Bonchev–Trinajstić information content (AvgIpc) is 3.31. The smallest absolute Gasteiger partial charge is 0.208 e. The third-order valence-corrected chi connectivity index (χ3v) is 6.31. The van der Waals surface area contributed by atoms with Crippen LogP contribution in [0.15, 0.2) is 54.6 Å². The predicted molar refractivity (Wildman–Crippen MR) is 104 cm³/mol. The van der Waals surface area contributed by atoms with Gasteiger partial charge in [0.2, 0.25) is 5.28 Å². The normalized spacial score (nSPS) is 24.1. The van der Waals surface area contributed by atoms with Crippen molar-refractivity contribution in [3.63, 3.8) is 0 Å². The summed E-state index contributed by atoms with van der Waals surface area (Å²) < 4.78 is 0. The van der Waals surface area contributed by atoms with Crippen molar-refractivity contribution in [3.05, 3.63) is 65.4 Å². The maximum atomic E-state index is 6.17. The van der Waals surface area contributed by atoms with E-state index in [2.05, 4.69) is 39.2 Å². The summed E-state index contributed by atoms with van der Waals surface area (Å²) in [6, 6.07) is 18.7. The largest absolute Gasteiger partial charge is 0.226 e. The molecule has 130 valence electrons. The Kier molecular flexibility index (Phi) is 3.79. The van der Waals surface area contributed by atoms with Crippen molar-refractivity contribution in [2.45, 2.75) is 37.5 Å². The first-order chi connectivity index (χ1) is 12.7. The number of benzene rings is 2. The van der Waals surface area contributed by atoms with Gasteiger partial charge >= 0.3 is 0 Å². The fraction of sp³-hybridized carbons (Fsp3) is 0.318. The highest BCUT2D eigenvalue weighted by molar-refractivity contribution is 6.28. The van der Waals surface area contributed by atoms with E-state index >= 15 is 0 Å². The zero-order valence-electron chi connectivity index (χ0n) is 14.5. The highest BCUT2D eigenvalue weighted by atomic mass is 35.5. The van der Waals surface area contributed by atoms with E-state index in [1.54, 1.807) is 0 Å². The first-order valence-electron chi connectivity index (χ1n) is 9.30. The number of nitrogens with zero attached hydrogens (tertiary/aromatic N) is 3. The Morgan fingerprint density at radius 2 is 1.38 bits per heavy atom. The number of halogens is 1. The van der Waals surface area contributed by atoms with Gasteiger partial charge in [-0.1, -0.05) is 54.6 Å². The molecule has 3 aromatic rings. The Balaban J connectivity index is 1.49. The van der Waals surface area contributed by atoms with Gasteiger partial charge in [0.25, 0.3) is 0 Å². The lowest BCUT2D eigenvalue weighted by atomic mass is 9.77. The van der Waals surface area contributed by atoms with Crippen molar-refractivity contribution in [3.8, 4) is 22.8 Å². The van der Waals surface area contributed by atoms with Gasteiger partial charge in [0.1, 0.15) is 0 Å². The Hall–Kier alpha value is -2.26. The molecule has 2 saturated carbocycles. The molecule has 0 saturated heterocycles. The monoisotopic (exact) mass is 361 g/mol. The topological polar surface area (TPSA) is 38.7 Å². The Bertz CT molecular complexity index is 929. The van der Waals surface area contributed by atoms with Crippen LogP contribution in [0, 0.1) is 5.92 Å². The van der Waals surface area contributed by atoms with Crippen LogP contribution in [0.2, 0.25) is 5.28 Å². The summed E-state index contributed by atoms with van der Waals surface area (Å²) in [5, 5.41) is 0.228. The van der Waals surface area contributed by atoms with Gasteiger partial charge in [-0.05, 0) is 60.6 Å². The summed E-state index contributed by atoms with van der Waals surface area (Å²) in [6.45, 7) is 0. The summed E-state index contributed by atoms with van der Waals surface area (Å²) >= 11 is 6.17. The molecule has 0 radical (unpaired) electrons. The van der Waals surface area contributed by atoms with E-state index in [-0.39, 0.29) is 5.28 Å². The summed E-state index contributed by atoms with van der Waals surface area (Å²) in [5.41, 5.74) is 3.83. The molecule has 0 unspecified atom stereocenters. The standard InChI is InChI=1S/C22H20ClN3/c23-21-25-19(16-4-2-1-3-5-16)24-20(26-21)17-6-8-18(9-7-17)22-12-10-15(14-22)11-13-22/h1-9,15H,10-14H2. The second-order valence-corrected chi connectivity index (χ2v) is 7.96. The van der Waals surface area contributed by atoms with Gasteiger partial charge in [0.05, 0.1) is 0 Å². The molecule has 26 heavy (non-hydrogen) atoms. The van der Waals surface area contributed by atoms with Crippen LogP contribution in [0.4, 0.5) is 0 Å². The van der Waals surface area contributed by atoms with E-state index < -0.39 is 0 Å². The minimum absolute atomic E-state index is 0.228. The van der Waals surface area contributed by atoms with Crippen LogP contribution in [-0.4, -0.2) is 15.0 Å². The van der Waals surface area contributed by atoms with E-state index in [1.807, 2.05) is 30.3 Å². The van der Waals surface area contributed by atoms with E-state index in [4.69, 9.17) is 11.6 Å². The van der Waals surface area contributed by atoms with Gasteiger partial charge in [-0.25, -0.2) is 4.98 Å². The molecule has 2 aromatic carbocycles. The Morgan fingerprint density at radius 3 is 1.96 bits per heavy atom. The van der Waals surface area contributed by atoms with Crippen molar-refractivity contribution in [1.82, 2.24) is 15.0 Å². The van der Waals surface area contributed by atoms with Crippen LogP contribution in [0.3, 0.4) is 0 Å². The molecule has 0 aliphatic heterocycles. The molecule has 2 fully saturated rings. The Morgan fingerprint density at radius 1 is 0.769 bits per heavy atom. The van der Waals surface area contributed by atoms with Crippen molar-refractivity contribution in [1.29, 1.82) is 0 Å². The summed E-state index contributed by atoms with van der Waals surface area (Å²) in [4.78, 5) is 13.3. The molecule has 0 spiro atoms. The SMILES string of the molecule is Clc1nc(-c2ccccc2)nc(-c2ccc(C34CCC(CC3)C4)cc2)n1. The molecule has 3 nitrogen and oxygen atoms in total. The summed E-state index contributed by atoms with van der Waals surface area (Å²) in [5.74, 6) is 2.19. The number of hydrogen-bond acceptors (Lipinski definition) is 3. The van der Waals surface area contributed by atoms with Crippen LogP contribution in [-0.2, 0) is 5.41 Å². The van der Waals surface area contributed by atoms with Crippen molar-refractivity contribution >= 4 is 11.6 Å². The van der Waals surface area contributed by atoms with Crippen LogP contribution < -0.4 is 0 Å². The van der Waals surface area contributed by atoms with E-state index in [9.17, 15) is 0 Å². The van der Waals surface area contributed by atoms with Gasteiger partial charge in [-0.2, -0.15) is 9.97 Å². The van der Waals surface area contributed by atoms with Gasteiger partial charge in [0.15, 0.2) is 11.6 Å². The molecule has 0 N–H and O–H groups in total. The molecule has 2 aliphatic rings. The molecule has 4 heteroatoms. The number of fused-ring (bicyclic) bond motifs is 2. The average molecular weight is 362 g/mol. The first-order valence-corrected chi connectivity index (χ1v) is 9.68. The number of aromatic nitrogens is 3. The lowest BCUT2D eigenvalue weighted by Crippen LogP contribution is -2.19. The summed E-state index contributed by atoms with van der Waals surface area (Å²) in [6.07, 6.45) is 6.83. The minimum atomic E-state index is 0.228. The molecule has 5 rings (SSSR count). The lowest BCUT2D eigenvalue weighted by Gasteiger charge is -2.27. The van der Waals surface area contributed by atoms with Crippen molar-refractivity contribution < 1.29 is 0 Å². The molecule has 1 heterocycles. The highest BCUT2D eigenvalue weighted by Crippen LogP contribution is 2.55. The number of rotatable bonds is 3. The Labute approximate surface area is 158 Å². The van der Waals surface area contributed by atoms with Crippen LogP contribution in [0.5, 0.6) is 0 Å². The maximum Gasteiger partial charge on any atom is 0.226 e. The maximum absolute atomic E-state index is 6.17. The van der Waals surface area contributed by atoms with Gasteiger partial charge in [-0.3, -0.25) is 0 Å². The van der Waals surface area contributed by atoms with Gasteiger partial charge in [0, 0.05) is 11.1 Å². The second-order valence-electron chi connectivity index (χ2n) is 7.62. The molecule has 0 atom stereocenters. The van der Waals surface area contributed by atoms with Gasteiger partial charge in [-0.15, -0.1) is 0 Å².